The van der Waals surface area contributed by atoms with Crippen molar-refractivity contribution in [3.8, 4) is 11.5 Å². The van der Waals surface area contributed by atoms with E-state index in [2.05, 4.69) is 5.10 Å². The number of β-amino-alcohol motifs (C(OH)–C–C–N with tert-alkyl or cyclic N) is 1. The van der Waals surface area contributed by atoms with Crippen LogP contribution >= 0.6 is 0 Å². The van der Waals surface area contributed by atoms with Crippen molar-refractivity contribution < 1.29 is 32.5 Å². The first kappa shape index (κ1) is 22.7. The zero-order valence-corrected chi connectivity index (χ0v) is 18.6. The van der Waals surface area contributed by atoms with Gasteiger partial charge in [-0.1, -0.05) is 0 Å². The van der Waals surface area contributed by atoms with Crippen molar-refractivity contribution in [1.82, 2.24) is 14.7 Å². The molecule has 3 aromatic rings. The molecule has 10 heteroatoms. The number of aliphatic hydroxyl groups excluding tert-OH is 1. The van der Waals surface area contributed by atoms with Gasteiger partial charge in [-0.3, -0.25) is 9.48 Å². The predicted octanol–water partition coefficient (Wildman–Crippen LogP) is 3.71. The monoisotopic (exact) mass is 475 g/mol. The van der Waals surface area contributed by atoms with Crippen LogP contribution in [0, 0.1) is 5.92 Å². The van der Waals surface area contributed by atoms with E-state index >= 15 is 0 Å². The summed E-state index contributed by atoms with van der Waals surface area (Å²) in [5.41, 5.74) is 0.880. The minimum Gasteiger partial charge on any atom is -0.457 e. The van der Waals surface area contributed by atoms with Crippen molar-refractivity contribution in [1.29, 1.82) is 0 Å². The smallest absolute Gasteiger partial charge is 0.416 e. The second-order valence-corrected chi connectivity index (χ2v) is 8.91. The molecular weight excluding hydrogens is 451 g/mol. The highest BCUT2D eigenvalue weighted by molar-refractivity contribution is 5.88. The lowest BCUT2D eigenvalue weighted by molar-refractivity contribution is -0.137. The van der Waals surface area contributed by atoms with E-state index in [1.807, 2.05) is 12.3 Å². The van der Waals surface area contributed by atoms with Crippen LogP contribution < -0.4 is 4.74 Å². The van der Waals surface area contributed by atoms with Gasteiger partial charge in [0.1, 0.15) is 17.6 Å². The highest BCUT2D eigenvalue weighted by Gasteiger charge is 2.49. The van der Waals surface area contributed by atoms with Crippen LogP contribution in [0.3, 0.4) is 0 Å². The van der Waals surface area contributed by atoms with E-state index in [9.17, 15) is 23.1 Å². The Labute approximate surface area is 193 Å². The molecule has 180 valence electrons. The van der Waals surface area contributed by atoms with Crippen molar-refractivity contribution in [2.45, 2.75) is 30.7 Å². The number of ether oxygens (including phenoxy) is 2. The van der Waals surface area contributed by atoms with E-state index in [1.165, 1.54) is 19.2 Å². The van der Waals surface area contributed by atoms with E-state index in [0.29, 0.717) is 18.7 Å². The Balaban J connectivity index is 1.38. The van der Waals surface area contributed by atoms with Crippen molar-refractivity contribution in [3.63, 3.8) is 0 Å². The lowest BCUT2D eigenvalue weighted by Crippen LogP contribution is -2.31. The lowest BCUT2D eigenvalue weighted by atomic mass is 10.0. The molecule has 34 heavy (non-hydrogen) atoms. The Bertz CT molecular complexity index is 1220. The summed E-state index contributed by atoms with van der Waals surface area (Å²) in [5, 5.41) is 15.4. The first-order valence-corrected chi connectivity index (χ1v) is 11.0. The van der Waals surface area contributed by atoms with Gasteiger partial charge in [0.25, 0.3) is 0 Å². The summed E-state index contributed by atoms with van der Waals surface area (Å²) in [4.78, 5) is 14.7. The van der Waals surface area contributed by atoms with Crippen molar-refractivity contribution >= 4 is 16.8 Å². The molecule has 5 rings (SSSR count). The second-order valence-electron chi connectivity index (χ2n) is 8.91. The molecule has 1 aliphatic heterocycles. The fourth-order valence-corrected chi connectivity index (χ4v) is 4.66. The molecule has 0 spiro atoms. The molecule has 0 radical (unpaired) electrons. The first-order chi connectivity index (χ1) is 16.1. The summed E-state index contributed by atoms with van der Waals surface area (Å²) in [6, 6.07) is 8.11. The predicted molar refractivity (Wildman–Crippen MR) is 116 cm³/mol. The van der Waals surface area contributed by atoms with Gasteiger partial charge in [-0.05, 0) is 54.3 Å². The van der Waals surface area contributed by atoms with E-state index in [1.54, 1.807) is 22.7 Å². The van der Waals surface area contributed by atoms with Gasteiger partial charge in [0.15, 0.2) is 0 Å². The SMILES string of the molecule is CO[C@@H]1CN(C(=O)[C@@H]2C[C@H]2c2cc(Oc3ccc(C(F)(F)F)cc3)cc3cn(C)nc23)C[C@H]1O. The summed E-state index contributed by atoms with van der Waals surface area (Å²) in [6.45, 7) is 0.604. The summed E-state index contributed by atoms with van der Waals surface area (Å²) < 4.78 is 51.3. The topological polar surface area (TPSA) is 76.8 Å². The molecule has 1 N–H and O–H groups in total. The van der Waals surface area contributed by atoms with Crippen LogP contribution in [0.25, 0.3) is 10.9 Å². The maximum absolute atomic E-state index is 13.0. The molecule has 1 aliphatic carbocycles. The van der Waals surface area contributed by atoms with Gasteiger partial charge in [0.05, 0.1) is 17.2 Å². The Kier molecular flexibility index (Phi) is 5.52. The number of methoxy groups -OCH3 is 1. The maximum atomic E-state index is 13.0. The Morgan fingerprint density at radius 1 is 1.15 bits per heavy atom. The lowest BCUT2D eigenvalue weighted by Gasteiger charge is -2.16. The molecule has 4 atom stereocenters. The number of nitrogens with zero attached hydrogens (tertiary/aromatic N) is 3. The molecule has 0 bridgehead atoms. The summed E-state index contributed by atoms with van der Waals surface area (Å²) in [7, 11) is 3.31. The Hall–Kier alpha value is -3.11. The fraction of sp³-hybridized carbons (Fsp3) is 0.417. The van der Waals surface area contributed by atoms with Crippen LogP contribution in [0.4, 0.5) is 13.2 Å². The number of likely N-dealkylation sites (tertiary alicyclic amines) is 1. The first-order valence-electron chi connectivity index (χ1n) is 11.0. The highest BCUT2D eigenvalue weighted by atomic mass is 19.4. The third kappa shape index (κ3) is 4.23. The van der Waals surface area contributed by atoms with Gasteiger partial charge in [-0.15, -0.1) is 0 Å². The summed E-state index contributed by atoms with van der Waals surface area (Å²) in [5.74, 6) is 0.433. The molecule has 7 nitrogen and oxygen atoms in total. The molecule has 2 heterocycles. The number of benzene rings is 2. The summed E-state index contributed by atoms with van der Waals surface area (Å²) >= 11 is 0. The molecule has 2 fully saturated rings. The van der Waals surface area contributed by atoms with E-state index in [-0.39, 0.29) is 36.1 Å². The largest absolute Gasteiger partial charge is 0.457 e. The molecule has 1 saturated carbocycles. The van der Waals surface area contributed by atoms with Crippen LogP contribution in [-0.2, 0) is 22.8 Å². The number of halogens is 3. The number of carbonyl (C=O) groups excluding carboxylic acids is 1. The minimum absolute atomic E-state index is 0.0262. The van der Waals surface area contributed by atoms with Gasteiger partial charge in [-0.2, -0.15) is 18.3 Å². The van der Waals surface area contributed by atoms with E-state index in [0.717, 1.165) is 28.6 Å². The molecule has 2 aliphatic rings. The van der Waals surface area contributed by atoms with Gasteiger partial charge >= 0.3 is 6.18 Å². The zero-order valence-electron chi connectivity index (χ0n) is 18.6. The molecule has 0 unspecified atom stereocenters. The normalized spacial score (nSPS) is 24.6. The standard InChI is InChI=1S/C24H24F3N3O4/c1-29-10-13-7-16(34-15-5-3-14(4-6-15)24(25,26)27)8-18(22(13)28-29)17-9-19(17)23(32)30-11-20(31)21(12-30)33-2/h3-8,10,17,19-21,31H,9,11-12H2,1-2H3/t17-,19+,20+,21+/m0/s1. The fourth-order valence-electron chi connectivity index (χ4n) is 4.66. The van der Waals surface area contributed by atoms with Crippen molar-refractivity contribution in [3.05, 3.63) is 53.7 Å². The average Bonchev–Trinajstić information content (AvgIpc) is 3.35. The van der Waals surface area contributed by atoms with E-state index < -0.39 is 17.8 Å². The van der Waals surface area contributed by atoms with Gasteiger partial charge in [0.2, 0.25) is 5.91 Å². The molecule has 1 amide bonds. The van der Waals surface area contributed by atoms with Crippen molar-refractivity contribution in [2.75, 3.05) is 20.2 Å². The number of hydrogen-bond acceptors (Lipinski definition) is 5. The van der Waals surface area contributed by atoms with Crippen LogP contribution in [0.15, 0.2) is 42.6 Å². The van der Waals surface area contributed by atoms with Crippen molar-refractivity contribution in [2.24, 2.45) is 13.0 Å². The molecular formula is C24H24F3N3O4. The zero-order chi connectivity index (χ0) is 24.2. The molecule has 1 aromatic heterocycles. The van der Waals surface area contributed by atoms with Crippen LogP contribution in [0.5, 0.6) is 11.5 Å². The number of aromatic nitrogens is 2. The van der Waals surface area contributed by atoms with Gasteiger partial charge in [-0.25, -0.2) is 0 Å². The minimum atomic E-state index is -4.41. The number of aliphatic hydroxyl groups is 1. The molecule has 1 saturated heterocycles. The van der Waals surface area contributed by atoms with Crippen LogP contribution in [-0.4, -0.2) is 58.1 Å². The third-order valence-electron chi connectivity index (χ3n) is 6.50. The second kappa shape index (κ2) is 8.28. The third-order valence-corrected chi connectivity index (χ3v) is 6.50. The van der Waals surface area contributed by atoms with Gasteiger partial charge < -0.3 is 19.5 Å². The Morgan fingerprint density at radius 3 is 2.53 bits per heavy atom. The molecule has 2 aromatic carbocycles. The van der Waals surface area contributed by atoms with Crippen LogP contribution in [0.2, 0.25) is 0 Å². The Morgan fingerprint density at radius 2 is 1.88 bits per heavy atom. The average molecular weight is 475 g/mol. The number of amides is 1. The number of aryl methyl sites for hydroxylation is 1. The summed E-state index contributed by atoms with van der Waals surface area (Å²) in [6.07, 6.45) is -3.02. The maximum Gasteiger partial charge on any atom is 0.416 e. The number of carbonyl (C=O) groups is 1. The highest BCUT2D eigenvalue weighted by Crippen LogP contribution is 2.51. The number of rotatable bonds is 5. The van der Waals surface area contributed by atoms with Crippen LogP contribution in [0.1, 0.15) is 23.5 Å². The number of alkyl halides is 3. The number of hydrogen-bond donors (Lipinski definition) is 1. The van der Waals surface area contributed by atoms with Gasteiger partial charge in [0, 0.05) is 44.7 Å². The van der Waals surface area contributed by atoms with E-state index in [4.69, 9.17) is 9.47 Å². The quantitative estimate of drug-likeness (QED) is 0.609. The number of fused-ring (bicyclic) bond motifs is 1.